The van der Waals surface area contributed by atoms with Gasteiger partial charge in [0.15, 0.2) is 9.84 Å². The quantitative estimate of drug-likeness (QED) is 0.755. The Hall–Kier alpha value is -2.15. The zero-order valence-electron chi connectivity index (χ0n) is 10.9. The number of nitrogens with one attached hydrogen (secondary N) is 1. The first-order chi connectivity index (χ1) is 9.27. The normalized spacial score (nSPS) is 10.8. The van der Waals surface area contributed by atoms with Crippen LogP contribution in [0.25, 0.3) is 0 Å². The second-order valence-electron chi connectivity index (χ2n) is 4.14. The molecule has 0 atom stereocenters. The van der Waals surface area contributed by atoms with Crippen LogP contribution in [0.5, 0.6) is 0 Å². The van der Waals surface area contributed by atoms with E-state index in [0.29, 0.717) is 5.56 Å². The van der Waals surface area contributed by atoms with Crippen LogP contribution in [0.1, 0.15) is 15.9 Å². The number of aromatic carboxylic acids is 1. The molecule has 0 aliphatic rings. The standard InChI is InChI=1S/C13H15NO5S/c1-3-6-14-12(15)8-20(18,19)11-7-10(13(16)17)5-4-9(11)2/h3-5,7H,1,6,8H2,2H3,(H,14,15)(H,16,17). The minimum atomic E-state index is -3.89. The minimum absolute atomic E-state index is 0.138. The zero-order chi connectivity index (χ0) is 15.3. The molecule has 0 unspecified atom stereocenters. The van der Waals surface area contributed by atoms with E-state index >= 15 is 0 Å². The van der Waals surface area contributed by atoms with Crippen molar-refractivity contribution in [2.24, 2.45) is 0 Å². The summed E-state index contributed by atoms with van der Waals surface area (Å²) in [6.45, 7) is 5.11. The summed E-state index contributed by atoms with van der Waals surface area (Å²) in [5.41, 5.74) is 0.257. The molecule has 0 heterocycles. The average molecular weight is 297 g/mol. The smallest absolute Gasteiger partial charge is 0.335 e. The van der Waals surface area contributed by atoms with E-state index < -0.39 is 27.5 Å². The van der Waals surface area contributed by atoms with E-state index in [0.717, 1.165) is 6.07 Å². The lowest BCUT2D eigenvalue weighted by atomic mass is 10.1. The van der Waals surface area contributed by atoms with Crippen molar-refractivity contribution in [3.05, 3.63) is 42.0 Å². The van der Waals surface area contributed by atoms with Crippen molar-refractivity contribution in [3.8, 4) is 0 Å². The molecule has 1 aromatic carbocycles. The van der Waals surface area contributed by atoms with Gasteiger partial charge in [-0.1, -0.05) is 12.1 Å². The molecule has 1 amide bonds. The molecule has 0 aromatic heterocycles. The molecule has 0 spiro atoms. The number of aryl methyl sites for hydroxylation is 1. The summed E-state index contributed by atoms with van der Waals surface area (Å²) in [4.78, 5) is 22.2. The largest absolute Gasteiger partial charge is 0.478 e. The summed E-state index contributed by atoms with van der Waals surface area (Å²) in [5.74, 6) is -2.62. The predicted octanol–water partition coefficient (Wildman–Crippen LogP) is 0.769. The number of carbonyl (C=O) groups is 2. The van der Waals surface area contributed by atoms with Gasteiger partial charge in [0, 0.05) is 6.54 Å². The minimum Gasteiger partial charge on any atom is -0.478 e. The Morgan fingerprint density at radius 2 is 2.05 bits per heavy atom. The van der Waals surface area contributed by atoms with Crippen molar-refractivity contribution in [2.75, 3.05) is 12.3 Å². The van der Waals surface area contributed by atoms with Gasteiger partial charge in [0.05, 0.1) is 10.5 Å². The maximum atomic E-state index is 12.1. The van der Waals surface area contributed by atoms with E-state index in [4.69, 9.17) is 5.11 Å². The van der Waals surface area contributed by atoms with E-state index in [1.807, 2.05) is 0 Å². The van der Waals surface area contributed by atoms with Crippen LogP contribution in [0.15, 0.2) is 35.7 Å². The highest BCUT2D eigenvalue weighted by Gasteiger charge is 2.22. The molecular weight excluding hydrogens is 282 g/mol. The molecule has 0 saturated carbocycles. The highest BCUT2D eigenvalue weighted by Crippen LogP contribution is 2.18. The molecule has 1 rings (SSSR count). The molecule has 6 nitrogen and oxygen atoms in total. The Labute approximate surface area is 117 Å². The molecule has 0 radical (unpaired) electrons. The Balaban J connectivity index is 3.09. The summed E-state index contributed by atoms with van der Waals surface area (Å²) in [5, 5.41) is 11.2. The van der Waals surface area contributed by atoms with Gasteiger partial charge in [0.1, 0.15) is 5.75 Å². The number of hydrogen-bond donors (Lipinski definition) is 2. The van der Waals surface area contributed by atoms with Gasteiger partial charge in [-0.15, -0.1) is 6.58 Å². The third kappa shape index (κ3) is 3.92. The van der Waals surface area contributed by atoms with Crippen molar-refractivity contribution in [1.29, 1.82) is 0 Å². The second kappa shape index (κ2) is 6.33. The number of amides is 1. The van der Waals surface area contributed by atoms with Gasteiger partial charge in [-0.2, -0.15) is 0 Å². The lowest BCUT2D eigenvalue weighted by molar-refractivity contribution is -0.118. The fourth-order valence-corrected chi connectivity index (χ4v) is 3.02. The van der Waals surface area contributed by atoms with Gasteiger partial charge in [0.25, 0.3) is 0 Å². The average Bonchev–Trinajstić information content (AvgIpc) is 2.35. The Morgan fingerprint density at radius 1 is 1.40 bits per heavy atom. The molecule has 108 valence electrons. The number of sulfone groups is 1. The third-order valence-corrected chi connectivity index (χ3v) is 4.29. The molecular formula is C13H15NO5S. The fourth-order valence-electron chi connectivity index (χ4n) is 1.56. The van der Waals surface area contributed by atoms with Gasteiger partial charge in [-0.05, 0) is 24.6 Å². The van der Waals surface area contributed by atoms with Crippen molar-refractivity contribution >= 4 is 21.7 Å². The van der Waals surface area contributed by atoms with Gasteiger partial charge in [0.2, 0.25) is 5.91 Å². The van der Waals surface area contributed by atoms with E-state index in [1.165, 1.54) is 18.2 Å². The molecule has 7 heteroatoms. The van der Waals surface area contributed by atoms with Crippen LogP contribution in [0, 0.1) is 6.92 Å². The molecule has 0 saturated heterocycles. The van der Waals surface area contributed by atoms with Gasteiger partial charge < -0.3 is 10.4 Å². The lowest BCUT2D eigenvalue weighted by Gasteiger charge is -2.08. The van der Waals surface area contributed by atoms with E-state index in [1.54, 1.807) is 6.92 Å². The topological polar surface area (TPSA) is 101 Å². The number of benzene rings is 1. The van der Waals surface area contributed by atoms with Crippen molar-refractivity contribution < 1.29 is 23.1 Å². The number of carboxylic acids is 1. The SMILES string of the molecule is C=CCNC(=O)CS(=O)(=O)c1cc(C(=O)O)ccc1C. The maximum absolute atomic E-state index is 12.1. The maximum Gasteiger partial charge on any atom is 0.335 e. The highest BCUT2D eigenvalue weighted by atomic mass is 32.2. The third-order valence-electron chi connectivity index (χ3n) is 2.53. The van der Waals surface area contributed by atoms with Crippen LogP contribution >= 0.6 is 0 Å². The molecule has 1 aromatic rings. The van der Waals surface area contributed by atoms with Crippen LogP contribution in [0.4, 0.5) is 0 Å². The first-order valence-corrected chi connectivity index (χ1v) is 7.37. The molecule has 0 aliphatic heterocycles. The molecule has 2 N–H and O–H groups in total. The number of carboxylic acid groups (broad SMARTS) is 1. The Morgan fingerprint density at radius 3 is 2.60 bits per heavy atom. The first kappa shape index (κ1) is 15.9. The predicted molar refractivity (Wildman–Crippen MR) is 73.4 cm³/mol. The summed E-state index contributed by atoms with van der Waals surface area (Å²) in [6.07, 6.45) is 1.43. The van der Waals surface area contributed by atoms with Gasteiger partial charge in [-0.3, -0.25) is 4.79 Å². The highest BCUT2D eigenvalue weighted by molar-refractivity contribution is 7.92. The van der Waals surface area contributed by atoms with Crippen LogP contribution in [-0.4, -0.2) is 37.7 Å². The number of rotatable bonds is 6. The van der Waals surface area contributed by atoms with E-state index in [9.17, 15) is 18.0 Å². The van der Waals surface area contributed by atoms with Gasteiger partial charge in [-0.25, -0.2) is 13.2 Å². The van der Waals surface area contributed by atoms with E-state index in [2.05, 4.69) is 11.9 Å². The van der Waals surface area contributed by atoms with Crippen molar-refractivity contribution in [3.63, 3.8) is 0 Å². The Kier molecular flexibility index (Phi) is 5.04. The van der Waals surface area contributed by atoms with E-state index in [-0.39, 0.29) is 17.0 Å². The second-order valence-corrected chi connectivity index (χ2v) is 6.10. The Bertz CT molecular complexity index is 649. The summed E-state index contributed by atoms with van der Waals surface area (Å²) < 4.78 is 24.2. The monoisotopic (exact) mass is 297 g/mol. The molecule has 0 fully saturated rings. The number of hydrogen-bond acceptors (Lipinski definition) is 4. The zero-order valence-corrected chi connectivity index (χ0v) is 11.7. The number of carbonyl (C=O) groups excluding carboxylic acids is 1. The van der Waals surface area contributed by atoms with Crippen molar-refractivity contribution in [2.45, 2.75) is 11.8 Å². The summed E-state index contributed by atoms with van der Waals surface area (Å²) in [6, 6.07) is 3.78. The van der Waals surface area contributed by atoms with Crippen LogP contribution in [0.3, 0.4) is 0 Å². The fraction of sp³-hybridized carbons (Fsp3) is 0.231. The first-order valence-electron chi connectivity index (χ1n) is 5.72. The van der Waals surface area contributed by atoms with Crippen LogP contribution in [0.2, 0.25) is 0 Å². The van der Waals surface area contributed by atoms with Crippen LogP contribution in [-0.2, 0) is 14.6 Å². The van der Waals surface area contributed by atoms with Crippen molar-refractivity contribution in [1.82, 2.24) is 5.32 Å². The molecule has 0 aliphatic carbocycles. The lowest BCUT2D eigenvalue weighted by Crippen LogP contribution is -2.30. The van der Waals surface area contributed by atoms with Gasteiger partial charge >= 0.3 is 5.97 Å². The molecule has 20 heavy (non-hydrogen) atoms. The summed E-state index contributed by atoms with van der Waals surface area (Å²) in [7, 11) is -3.89. The molecule has 0 bridgehead atoms. The summed E-state index contributed by atoms with van der Waals surface area (Å²) >= 11 is 0. The van der Waals surface area contributed by atoms with Crippen LogP contribution < -0.4 is 5.32 Å².